The predicted molar refractivity (Wildman–Crippen MR) is 86.3 cm³/mol. The third kappa shape index (κ3) is 3.84. The predicted octanol–water partition coefficient (Wildman–Crippen LogP) is -0.643. The molecular weight excluding hydrogens is 368 g/mol. The second-order valence-corrected chi connectivity index (χ2v) is 7.15. The second kappa shape index (κ2) is 6.66. The number of hydroxylamine groups is 2. The molecular formula is C13H18N6O6S. The average molecular weight is 386 g/mol. The van der Waals surface area contributed by atoms with Gasteiger partial charge < -0.3 is 15.2 Å². The first kappa shape index (κ1) is 18.3. The molecule has 2 aliphatic heterocycles. The van der Waals surface area contributed by atoms with Crippen molar-refractivity contribution in [2.75, 3.05) is 6.54 Å². The van der Waals surface area contributed by atoms with E-state index in [1.165, 1.54) is 11.1 Å². The van der Waals surface area contributed by atoms with Crippen LogP contribution in [0.2, 0.25) is 0 Å². The van der Waals surface area contributed by atoms with E-state index in [4.69, 9.17) is 9.96 Å². The molecule has 0 saturated carbocycles. The summed E-state index contributed by atoms with van der Waals surface area (Å²) in [6, 6.07) is -2.03. The number of fused-ring (bicyclic) bond motifs is 2. The summed E-state index contributed by atoms with van der Waals surface area (Å²) in [7, 11) is -4.82. The maximum atomic E-state index is 12.3. The normalized spacial score (nSPS) is 22.6. The van der Waals surface area contributed by atoms with Gasteiger partial charge >= 0.3 is 16.4 Å². The molecule has 12 nitrogen and oxygen atoms in total. The molecule has 2 atom stereocenters. The molecule has 1 aromatic rings. The van der Waals surface area contributed by atoms with Crippen LogP contribution in [0.5, 0.6) is 0 Å². The van der Waals surface area contributed by atoms with Crippen LogP contribution < -0.4 is 5.32 Å². The first-order valence-corrected chi connectivity index (χ1v) is 9.16. The van der Waals surface area contributed by atoms with Crippen LogP contribution in [-0.4, -0.2) is 69.3 Å². The van der Waals surface area contributed by atoms with E-state index in [1.54, 1.807) is 6.92 Å². The largest absolute Gasteiger partial charge is 0.418 e. The smallest absolute Gasteiger partial charge is 0.346 e. The van der Waals surface area contributed by atoms with Crippen LogP contribution in [0.25, 0.3) is 0 Å². The Morgan fingerprint density at radius 3 is 2.88 bits per heavy atom. The number of aromatic amines is 1. The van der Waals surface area contributed by atoms with Crippen LogP contribution in [0.1, 0.15) is 24.4 Å². The van der Waals surface area contributed by atoms with E-state index >= 15 is 0 Å². The number of hydrogen-bond donors (Lipinski definition) is 4. The number of hydrogen-bond acceptors (Lipinski definition) is 7. The van der Waals surface area contributed by atoms with Gasteiger partial charge in [-0.15, -0.1) is 4.28 Å². The summed E-state index contributed by atoms with van der Waals surface area (Å²) in [5, 5.41) is 11.1. The van der Waals surface area contributed by atoms with Gasteiger partial charge in [-0.25, -0.2) is 9.78 Å². The monoisotopic (exact) mass is 386 g/mol. The van der Waals surface area contributed by atoms with E-state index in [9.17, 15) is 18.0 Å². The average Bonchev–Trinajstić information content (AvgIpc) is 3.03. The highest BCUT2D eigenvalue weighted by atomic mass is 32.3. The molecule has 2 saturated heterocycles. The minimum atomic E-state index is -4.82. The standard InChI is InChI=1S/C13H18N6O6S/c1-7-15-5-8(16-7)4-11(20)17-12(14)10-3-2-9-6-18(10)13(21)19(9)25-26(22,23)24/h5,9-10H,2-4,6H2,1H3,(H,15,16)(H2,14,17,20)(H,22,23,24). The van der Waals surface area contributed by atoms with E-state index in [2.05, 4.69) is 19.6 Å². The summed E-state index contributed by atoms with van der Waals surface area (Å²) >= 11 is 0. The van der Waals surface area contributed by atoms with Crippen molar-refractivity contribution in [1.29, 1.82) is 5.41 Å². The summed E-state index contributed by atoms with van der Waals surface area (Å²) in [6.45, 7) is 1.89. The molecule has 2 unspecified atom stereocenters. The van der Waals surface area contributed by atoms with Crippen LogP contribution >= 0.6 is 0 Å². The number of amides is 3. The van der Waals surface area contributed by atoms with Gasteiger partial charge in [-0.1, -0.05) is 0 Å². The lowest BCUT2D eigenvalue weighted by atomic mass is 10.00. The SMILES string of the molecule is Cc1ncc(CC(=O)NC(=N)C2CCC3CN2C(=O)N3OS(=O)(=O)O)[nH]1. The molecule has 0 aliphatic carbocycles. The van der Waals surface area contributed by atoms with Crippen molar-refractivity contribution in [2.45, 2.75) is 38.3 Å². The lowest BCUT2D eigenvalue weighted by Gasteiger charge is -2.30. The van der Waals surface area contributed by atoms with Crippen molar-refractivity contribution in [3.05, 3.63) is 17.7 Å². The zero-order valence-corrected chi connectivity index (χ0v) is 14.6. The molecule has 3 amide bonds. The highest BCUT2D eigenvalue weighted by molar-refractivity contribution is 7.80. The van der Waals surface area contributed by atoms with Crippen LogP contribution in [0.3, 0.4) is 0 Å². The van der Waals surface area contributed by atoms with Gasteiger partial charge in [-0.3, -0.25) is 14.8 Å². The quantitative estimate of drug-likeness (QED) is 0.296. The first-order chi connectivity index (χ1) is 12.1. The number of carbonyl (C=O) groups excluding carboxylic acids is 2. The molecule has 3 heterocycles. The van der Waals surface area contributed by atoms with Gasteiger partial charge in [-0.2, -0.15) is 13.5 Å². The van der Waals surface area contributed by atoms with E-state index in [1.807, 2.05) is 0 Å². The molecule has 0 aromatic carbocycles. The maximum Gasteiger partial charge on any atom is 0.418 e. The molecule has 0 spiro atoms. The number of carbonyl (C=O) groups is 2. The van der Waals surface area contributed by atoms with Gasteiger partial charge in [0.05, 0.1) is 18.5 Å². The fourth-order valence-electron chi connectivity index (χ4n) is 3.14. The van der Waals surface area contributed by atoms with Crippen molar-refractivity contribution < 1.29 is 26.8 Å². The number of aryl methyl sites for hydroxylation is 1. The Balaban J connectivity index is 1.62. The molecule has 13 heteroatoms. The Bertz CT molecular complexity index is 851. The minimum Gasteiger partial charge on any atom is -0.346 e. The third-order valence-corrected chi connectivity index (χ3v) is 4.56. The van der Waals surface area contributed by atoms with Gasteiger partial charge in [0.15, 0.2) is 0 Å². The number of piperidine rings is 1. The Morgan fingerprint density at radius 2 is 2.27 bits per heavy atom. The summed E-state index contributed by atoms with van der Waals surface area (Å²) in [4.78, 5) is 32.5. The maximum absolute atomic E-state index is 12.3. The van der Waals surface area contributed by atoms with Crippen molar-refractivity contribution in [1.82, 2.24) is 25.2 Å². The molecule has 2 bridgehead atoms. The number of nitrogens with zero attached hydrogens (tertiary/aromatic N) is 3. The first-order valence-electron chi connectivity index (χ1n) is 7.79. The summed E-state index contributed by atoms with van der Waals surface area (Å²) in [6.07, 6.45) is 2.24. The van der Waals surface area contributed by atoms with Gasteiger partial charge in [0.2, 0.25) is 5.91 Å². The van der Waals surface area contributed by atoms with Crippen LogP contribution in [0, 0.1) is 12.3 Å². The molecule has 142 valence electrons. The lowest BCUT2D eigenvalue weighted by molar-refractivity contribution is -0.119. The highest BCUT2D eigenvalue weighted by Gasteiger charge is 2.48. The number of nitrogens with one attached hydrogen (secondary N) is 3. The Kier molecular flexibility index (Phi) is 4.68. The van der Waals surface area contributed by atoms with Crippen molar-refractivity contribution in [3.8, 4) is 0 Å². The number of aromatic nitrogens is 2. The topological polar surface area (TPSA) is 169 Å². The summed E-state index contributed by atoms with van der Waals surface area (Å²) in [5.74, 6) is 0.0768. The number of urea groups is 1. The molecule has 0 radical (unpaired) electrons. The Labute approximate surface area is 148 Å². The minimum absolute atomic E-state index is 0.00447. The van der Waals surface area contributed by atoms with Gasteiger partial charge in [-0.05, 0) is 19.8 Å². The van der Waals surface area contributed by atoms with Crippen LogP contribution in [0.4, 0.5) is 4.79 Å². The number of rotatable bonds is 5. The molecule has 2 aliphatic rings. The van der Waals surface area contributed by atoms with E-state index in [-0.39, 0.29) is 18.8 Å². The Hall–Kier alpha value is -2.51. The molecule has 26 heavy (non-hydrogen) atoms. The van der Waals surface area contributed by atoms with E-state index in [0.717, 1.165) is 0 Å². The zero-order chi connectivity index (χ0) is 19.1. The number of H-pyrrole nitrogens is 1. The van der Waals surface area contributed by atoms with Crippen LogP contribution in [-0.2, 0) is 25.9 Å². The highest BCUT2D eigenvalue weighted by Crippen LogP contribution is 2.30. The number of imidazole rings is 1. The molecule has 1 aromatic heterocycles. The molecule has 3 rings (SSSR count). The van der Waals surface area contributed by atoms with Crippen molar-refractivity contribution >= 4 is 28.2 Å². The van der Waals surface area contributed by atoms with Crippen molar-refractivity contribution in [3.63, 3.8) is 0 Å². The fourth-order valence-corrected chi connectivity index (χ4v) is 3.53. The fraction of sp³-hybridized carbons (Fsp3) is 0.538. The Morgan fingerprint density at radius 1 is 1.54 bits per heavy atom. The molecule has 2 fully saturated rings. The summed E-state index contributed by atoms with van der Waals surface area (Å²) < 4.78 is 34.8. The van der Waals surface area contributed by atoms with E-state index < -0.39 is 34.4 Å². The zero-order valence-electron chi connectivity index (χ0n) is 13.8. The molecule has 4 N–H and O–H groups in total. The number of amidine groups is 1. The van der Waals surface area contributed by atoms with Gasteiger partial charge in [0.25, 0.3) is 0 Å². The second-order valence-electron chi connectivity index (χ2n) is 6.14. The van der Waals surface area contributed by atoms with E-state index in [0.29, 0.717) is 29.4 Å². The van der Waals surface area contributed by atoms with Gasteiger partial charge in [0, 0.05) is 18.4 Å². The van der Waals surface area contributed by atoms with Crippen molar-refractivity contribution in [2.24, 2.45) is 0 Å². The van der Waals surface area contributed by atoms with Crippen LogP contribution in [0.15, 0.2) is 6.20 Å². The third-order valence-electron chi connectivity index (χ3n) is 4.21. The lowest BCUT2D eigenvalue weighted by Crippen LogP contribution is -2.51. The van der Waals surface area contributed by atoms with Gasteiger partial charge in [0.1, 0.15) is 11.7 Å². The summed E-state index contributed by atoms with van der Waals surface area (Å²) in [5.41, 5.74) is 0.599.